The summed E-state index contributed by atoms with van der Waals surface area (Å²) in [7, 11) is 0. The van der Waals surface area contributed by atoms with E-state index >= 15 is 0 Å². The number of allylic oxidation sites excluding steroid dienone is 1. The van der Waals surface area contributed by atoms with Crippen LogP contribution >= 0.6 is 0 Å². The molecule has 3 rings (SSSR count). The van der Waals surface area contributed by atoms with Crippen molar-refractivity contribution in [3.63, 3.8) is 0 Å². The van der Waals surface area contributed by atoms with Crippen LogP contribution in [0.4, 0.5) is 0 Å². The van der Waals surface area contributed by atoms with E-state index in [1.165, 1.54) is 0 Å². The monoisotopic (exact) mass is 196 g/mol. The second kappa shape index (κ2) is 3.05. The van der Waals surface area contributed by atoms with E-state index in [0.29, 0.717) is 19.1 Å². The third-order valence-corrected chi connectivity index (χ3v) is 3.70. The molecule has 1 heterocycles. The molecule has 3 heteroatoms. The summed E-state index contributed by atoms with van der Waals surface area (Å²) >= 11 is 0. The van der Waals surface area contributed by atoms with Crippen LogP contribution in [0.2, 0.25) is 0 Å². The molecule has 3 nitrogen and oxygen atoms in total. The van der Waals surface area contributed by atoms with Crippen LogP contribution in [0.15, 0.2) is 12.2 Å². The maximum atomic E-state index is 9.71. The number of hydrogen-bond acceptors (Lipinski definition) is 3. The maximum Gasteiger partial charge on any atom is 0.177 e. The first kappa shape index (κ1) is 8.89. The fourth-order valence-electron chi connectivity index (χ4n) is 3.12. The number of aliphatic hydroxyl groups is 1. The van der Waals surface area contributed by atoms with Gasteiger partial charge in [0.1, 0.15) is 0 Å². The molecule has 1 N–H and O–H groups in total. The van der Waals surface area contributed by atoms with E-state index in [2.05, 4.69) is 12.2 Å². The third kappa shape index (κ3) is 1.09. The lowest BCUT2D eigenvalue weighted by Crippen LogP contribution is -2.53. The second-order valence-corrected chi connectivity index (χ2v) is 4.51. The van der Waals surface area contributed by atoms with Crippen LogP contribution < -0.4 is 0 Å². The Bertz CT molecular complexity index is 255. The van der Waals surface area contributed by atoms with Gasteiger partial charge >= 0.3 is 0 Å². The van der Waals surface area contributed by atoms with Crippen molar-refractivity contribution in [2.24, 2.45) is 11.8 Å². The van der Waals surface area contributed by atoms with E-state index in [-0.39, 0.29) is 17.8 Å². The Morgan fingerprint density at radius 3 is 2.71 bits per heavy atom. The Morgan fingerprint density at radius 1 is 1.21 bits per heavy atom. The van der Waals surface area contributed by atoms with Crippen LogP contribution in [0.5, 0.6) is 0 Å². The fraction of sp³-hybridized carbons (Fsp3) is 0.818. The highest BCUT2D eigenvalue weighted by atomic mass is 16.7. The molecule has 2 aliphatic carbocycles. The molecule has 0 aromatic heterocycles. The maximum absolute atomic E-state index is 9.71. The third-order valence-electron chi connectivity index (χ3n) is 3.70. The van der Waals surface area contributed by atoms with Gasteiger partial charge in [0.15, 0.2) is 5.79 Å². The standard InChI is InChI=1S/C11H16O3/c12-10-6-8-2-1-3-9(7-10)11(8)13-4-5-14-11/h1-2,8-10,12H,3-7H2. The van der Waals surface area contributed by atoms with E-state index in [0.717, 1.165) is 19.3 Å². The zero-order chi connectivity index (χ0) is 9.60. The first-order valence-corrected chi connectivity index (χ1v) is 5.44. The highest BCUT2D eigenvalue weighted by molar-refractivity contribution is 5.10. The van der Waals surface area contributed by atoms with E-state index in [9.17, 15) is 5.11 Å². The molecular weight excluding hydrogens is 180 g/mol. The molecule has 78 valence electrons. The molecule has 14 heavy (non-hydrogen) atoms. The van der Waals surface area contributed by atoms with Crippen LogP contribution in [-0.4, -0.2) is 30.2 Å². The highest BCUT2D eigenvalue weighted by Gasteiger charge is 2.54. The van der Waals surface area contributed by atoms with Crippen molar-refractivity contribution < 1.29 is 14.6 Å². The zero-order valence-electron chi connectivity index (χ0n) is 8.19. The summed E-state index contributed by atoms with van der Waals surface area (Å²) in [6.45, 7) is 1.41. The molecule has 0 aromatic rings. The van der Waals surface area contributed by atoms with Gasteiger partial charge in [0.2, 0.25) is 0 Å². The van der Waals surface area contributed by atoms with Crippen LogP contribution in [0, 0.1) is 11.8 Å². The molecule has 2 fully saturated rings. The number of hydrogen-bond donors (Lipinski definition) is 1. The first-order chi connectivity index (χ1) is 6.81. The smallest absolute Gasteiger partial charge is 0.177 e. The quantitative estimate of drug-likeness (QED) is 0.589. The van der Waals surface area contributed by atoms with Gasteiger partial charge in [-0.15, -0.1) is 0 Å². The van der Waals surface area contributed by atoms with Gasteiger partial charge in [-0.1, -0.05) is 12.2 Å². The number of ether oxygens (including phenoxy) is 2. The number of aliphatic hydroxyl groups excluding tert-OH is 1. The Kier molecular flexibility index (Phi) is 1.94. The van der Waals surface area contributed by atoms with Crippen LogP contribution in [0.3, 0.4) is 0 Å². The van der Waals surface area contributed by atoms with Crippen molar-refractivity contribution in [1.82, 2.24) is 0 Å². The van der Waals surface area contributed by atoms with E-state index in [1.54, 1.807) is 0 Å². The van der Waals surface area contributed by atoms with Crippen LogP contribution in [0.25, 0.3) is 0 Å². The summed E-state index contributed by atoms with van der Waals surface area (Å²) in [5.74, 6) is 0.227. The average Bonchev–Trinajstić information content (AvgIpc) is 2.58. The topological polar surface area (TPSA) is 38.7 Å². The average molecular weight is 196 g/mol. The zero-order valence-corrected chi connectivity index (χ0v) is 8.19. The van der Waals surface area contributed by atoms with Crippen molar-refractivity contribution in [2.45, 2.75) is 31.2 Å². The SMILES string of the molecule is OC1CC2C=CCC(C1)C21OCCO1. The minimum Gasteiger partial charge on any atom is -0.393 e. The molecule has 0 amide bonds. The van der Waals surface area contributed by atoms with Gasteiger partial charge in [-0.2, -0.15) is 0 Å². The van der Waals surface area contributed by atoms with Gasteiger partial charge in [0.05, 0.1) is 19.3 Å². The molecule has 0 aromatic carbocycles. The number of rotatable bonds is 0. The molecule has 3 aliphatic rings. The highest BCUT2D eigenvalue weighted by Crippen LogP contribution is 2.49. The van der Waals surface area contributed by atoms with Gasteiger partial charge in [-0.3, -0.25) is 0 Å². The lowest BCUT2D eigenvalue weighted by Gasteiger charge is -2.47. The van der Waals surface area contributed by atoms with Gasteiger partial charge in [0, 0.05) is 11.8 Å². The minimum atomic E-state index is -0.381. The fourth-order valence-corrected chi connectivity index (χ4v) is 3.12. The first-order valence-electron chi connectivity index (χ1n) is 5.44. The largest absolute Gasteiger partial charge is 0.393 e. The second-order valence-electron chi connectivity index (χ2n) is 4.51. The van der Waals surface area contributed by atoms with Crippen molar-refractivity contribution in [3.05, 3.63) is 12.2 Å². The summed E-state index contributed by atoms with van der Waals surface area (Å²) in [5, 5.41) is 9.71. The molecular formula is C11H16O3. The lowest BCUT2D eigenvalue weighted by atomic mass is 9.69. The Hall–Kier alpha value is -0.380. The van der Waals surface area contributed by atoms with Crippen molar-refractivity contribution in [3.8, 4) is 0 Å². The van der Waals surface area contributed by atoms with Crippen molar-refractivity contribution in [1.29, 1.82) is 0 Å². The molecule has 1 saturated carbocycles. The van der Waals surface area contributed by atoms with Crippen LogP contribution in [-0.2, 0) is 9.47 Å². The summed E-state index contributed by atoms with van der Waals surface area (Å²) < 4.78 is 11.6. The van der Waals surface area contributed by atoms with Gasteiger partial charge in [-0.25, -0.2) is 0 Å². The summed E-state index contributed by atoms with van der Waals surface area (Å²) in [5.41, 5.74) is 0. The molecule has 1 spiro atoms. The summed E-state index contributed by atoms with van der Waals surface area (Å²) in [4.78, 5) is 0. The van der Waals surface area contributed by atoms with Crippen LogP contribution in [0.1, 0.15) is 19.3 Å². The van der Waals surface area contributed by atoms with Gasteiger partial charge < -0.3 is 14.6 Å². The normalized spacial score (nSPS) is 44.5. The van der Waals surface area contributed by atoms with Gasteiger partial charge in [0.25, 0.3) is 0 Å². The van der Waals surface area contributed by atoms with Crippen molar-refractivity contribution >= 4 is 0 Å². The molecule has 1 aliphatic heterocycles. The Labute approximate surface area is 83.7 Å². The molecule has 1 saturated heterocycles. The van der Waals surface area contributed by atoms with E-state index in [4.69, 9.17) is 9.47 Å². The predicted molar refractivity (Wildman–Crippen MR) is 50.6 cm³/mol. The summed E-state index contributed by atoms with van der Waals surface area (Å²) in [6, 6.07) is 0. The molecule has 2 bridgehead atoms. The Morgan fingerprint density at radius 2 is 2.00 bits per heavy atom. The van der Waals surface area contributed by atoms with Gasteiger partial charge in [-0.05, 0) is 19.3 Å². The van der Waals surface area contributed by atoms with E-state index in [1.807, 2.05) is 0 Å². The van der Waals surface area contributed by atoms with E-state index < -0.39 is 0 Å². The van der Waals surface area contributed by atoms with Crippen molar-refractivity contribution in [2.75, 3.05) is 13.2 Å². The lowest BCUT2D eigenvalue weighted by molar-refractivity contribution is -0.249. The predicted octanol–water partition coefficient (Wildman–Crippen LogP) is 1.08. The summed E-state index contributed by atoms with van der Waals surface area (Å²) in [6.07, 6.45) is 6.77. The Balaban J connectivity index is 1.94. The molecule has 3 atom stereocenters. The minimum absolute atomic E-state index is 0.173. The molecule has 3 unspecified atom stereocenters. The molecule has 0 radical (unpaired) electrons.